The summed E-state index contributed by atoms with van der Waals surface area (Å²) in [5, 5.41) is 3.54. The molecule has 3 amide bonds. The zero-order chi connectivity index (χ0) is 18.0. The van der Waals surface area contributed by atoms with Crippen molar-refractivity contribution >= 4 is 41.2 Å². The number of nitrogens with one attached hydrogen (secondary N) is 1. The van der Waals surface area contributed by atoms with Crippen LogP contribution in [0.5, 0.6) is 0 Å². The van der Waals surface area contributed by atoms with Crippen molar-refractivity contribution < 1.29 is 9.59 Å². The average Bonchev–Trinajstić information content (AvgIpc) is 2.79. The van der Waals surface area contributed by atoms with E-state index in [1.165, 1.54) is 4.90 Å². The van der Waals surface area contributed by atoms with Crippen LogP contribution < -0.4 is 5.32 Å². The van der Waals surface area contributed by atoms with Gasteiger partial charge in [0.15, 0.2) is 0 Å². The lowest BCUT2D eigenvalue weighted by molar-refractivity contribution is -0.130. The molecule has 128 valence electrons. The monoisotopic (exact) mass is 374 g/mol. The molecule has 2 aromatic rings. The minimum Gasteiger partial charge on any atom is -0.319 e. The van der Waals surface area contributed by atoms with Gasteiger partial charge in [-0.25, -0.2) is 4.79 Å². The minimum absolute atomic E-state index is 0.181. The van der Waals surface area contributed by atoms with Gasteiger partial charge in [0, 0.05) is 22.2 Å². The van der Waals surface area contributed by atoms with Gasteiger partial charge in [0.2, 0.25) is 0 Å². The van der Waals surface area contributed by atoms with Crippen molar-refractivity contribution in [3.05, 3.63) is 75.8 Å². The summed E-state index contributed by atoms with van der Waals surface area (Å²) in [6, 6.07) is 14.1. The van der Waals surface area contributed by atoms with Crippen LogP contribution in [-0.4, -0.2) is 23.4 Å². The zero-order valence-corrected chi connectivity index (χ0v) is 15.0. The Morgan fingerprint density at radius 3 is 2.52 bits per heavy atom. The Balaban J connectivity index is 1.81. The lowest BCUT2D eigenvalue weighted by Crippen LogP contribution is -2.41. The van der Waals surface area contributed by atoms with E-state index in [4.69, 9.17) is 23.2 Å². The first-order chi connectivity index (χ1) is 11.9. The summed E-state index contributed by atoms with van der Waals surface area (Å²) in [7, 11) is 0. The number of hydrogen-bond donors (Lipinski definition) is 1. The molecule has 1 N–H and O–H groups in total. The summed E-state index contributed by atoms with van der Waals surface area (Å²) in [6.45, 7) is 1.82. The molecule has 0 unspecified atom stereocenters. The Kier molecular flexibility index (Phi) is 4.84. The van der Waals surface area contributed by atoms with E-state index in [1.54, 1.807) is 31.2 Å². The molecule has 3 rings (SSSR count). The number of amides is 3. The van der Waals surface area contributed by atoms with Crippen LogP contribution in [0.4, 0.5) is 4.79 Å². The molecule has 6 heteroatoms. The molecule has 25 heavy (non-hydrogen) atoms. The Morgan fingerprint density at radius 1 is 1.12 bits per heavy atom. The normalized spacial score (nSPS) is 20.4. The molecule has 4 nitrogen and oxygen atoms in total. The number of carbonyl (C=O) groups is 2. The minimum atomic E-state index is -1.21. The number of halogens is 2. The molecule has 0 aliphatic carbocycles. The van der Waals surface area contributed by atoms with Crippen LogP contribution in [0.1, 0.15) is 18.1 Å². The summed E-state index contributed by atoms with van der Waals surface area (Å²) in [5.74, 6) is -0.348. The summed E-state index contributed by atoms with van der Waals surface area (Å²) in [4.78, 5) is 26.3. The fourth-order valence-corrected chi connectivity index (χ4v) is 3.40. The topological polar surface area (TPSA) is 49.4 Å². The Bertz CT molecular complexity index is 852. The van der Waals surface area contributed by atoms with E-state index in [1.807, 2.05) is 36.4 Å². The van der Waals surface area contributed by atoms with Crippen LogP contribution in [-0.2, 0) is 10.3 Å². The van der Waals surface area contributed by atoms with Gasteiger partial charge in [-0.15, -0.1) is 0 Å². The highest BCUT2D eigenvalue weighted by Crippen LogP contribution is 2.34. The molecule has 0 spiro atoms. The van der Waals surface area contributed by atoms with Crippen molar-refractivity contribution in [3.63, 3.8) is 0 Å². The smallest absolute Gasteiger partial charge is 0.319 e. The van der Waals surface area contributed by atoms with Crippen molar-refractivity contribution in [3.8, 4) is 0 Å². The zero-order valence-electron chi connectivity index (χ0n) is 13.5. The van der Waals surface area contributed by atoms with Crippen molar-refractivity contribution in [1.82, 2.24) is 10.2 Å². The highest BCUT2D eigenvalue weighted by Gasteiger charge is 2.49. The number of urea groups is 1. The van der Waals surface area contributed by atoms with Gasteiger partial charge in [-0.1, -0.05) is 71.8 Å². The first-order valence-corrected chi connectivity index (χ1v) is 8.48. The van der Waals surface area contributed by atoms with Crippen molar-refractivity contribution in [1.29, 1.82) is 0 Å². The molecule has 1 fully saturated rings. The van der Waals surface area contributed by atoms with E-state index < -0.39 is 11.6 Å². The maximum Gasteiger partial charge on any atom is 0.325 e. The number of benzene rings is 2. The highest BCUT2D eigenvalue weighted by molar-refractivity contribution is 6.35. The second-order valence-electron chi connectivity index (χ2n) is 5.91. The van der Waals surface area contributed by atoms with Crippen LogP contribution >= 0.6 is 23.2 Å². The van der Waals surface area contributed by atoms with Gasteiger partial charge in [-0.2, -0.15) is 0 Å². The van der Waals surface area contributed by atoms with Gasteiger partial charge in [-0.3, -0.25) is 9.69 Å². The molecular weight excluding hydrogens is 359 g/mol. The lowest BCUT2D eigenvalue weighted by Gasteiger charge is -2.23. The first kappa shape index (κ1) is 17.5. The molecular formula is C19H16Cl2N2O2. The van der Waals surface area contributed by atoms with E-state index in [2.05, 4.69) is 5.32 Å². The molecule has 0 aromatic heterocycles. The van der Waals surface area contributed by atoms with Crippen molar-refractivity contribution in [2.45, 2.75) is 12.5 Å². The largest absolute Gasteiger partial charge is 0.325 e. The third kappa shape index (κ3) is 3.41. The SMILES string of the molecule is C[C@]1(c2ccc(Cl)cc2Cl)NC(=O)N(C/C=C/c2ccccc2)C1=O. The Morgan fingerprint density at radius 2 is 1.84 bits per heavy atom. The molecule has 0 radical (unpaired) electrons. The standard InChI is InChI=1S/C19H16Cl2N2O2/c1-19(15-10-9-14(20)12-16(15)21)17(24)23(18(25)22-19)11-5-8-13-6-3-2-4-7-13/h2-10,12H,11H2,1H3,(H,22,25)/b8-5+/t19-/m1/s1. The second kappa shape index (κ2) is 6.90. The molecule has 0 bridgehead atoms. The Hall–Kier alpha value is -2.30. The molecule has 1 atom stereocenters. The fourth-order valence-electron chi connectivity index (χ4n) is 2.80. The van der Waals surface area contributed by atoms with E-state index >= 15 is 0 Å². The summed E-state index contributed by atoms with van der Waals surface area (Å²) in [6.07, 6.45) is 3.65. The predicted molar refractivity (Wildman–Crippen MR) is 99.5 cm³/mol. The average molecular weight is 375 g/mol. The van der Waals surface area contributed by atoms with Gasteiger partial charge in [0.05, 0.1) is 0 Å². The van der Waals surface area contributed by atoms with Crippen LogP contribution in [0.15, 0.2) is 54.6 Å². The molecule has 1 aliphatic heterocycles. The first-order valence-electron chi connectivity index (χ1n) is 7.73. The third-order valence-corrected chi connectivity index (χ3v) is 4.69. The molecule has 1 aliphatic rings. The van der Waals surface area contributed by atoms with E-state index in [0.717, 1.165) is 5.56 Å². The molecule has 1 heterocycles. The summed E-state index contributed by atoms with van der Waals surface area (Å²) >= 11 is 12.1. The van der Waals surface area contributed by atoms with E-state index in [-0.39, 0.29) is 12.5 Å². The number of rotatable bonds is 4. The van der Waals surface area contributed by atoms with E-state index in [0.29, 0.717) is 15.6 Å². The molecule has 2 aromatic carbocycles. The summed E-state index contributed by atoms with van der Waals surface area (Å²) in [5.41, 5.74) is 0.309. The van der Waals surface area contributed by atoms with Gasteiger partial charge < -0.3 is 5.32 Å². The lowest BCUT2D eigenvalue weighted by atomic mass is 9.92. The predicted octanol–water partition coefficient (Wildman–Crippen LogP) is 4.47. The number of carbonyl (C=O) groups excluding carboxylic acids is 2. The van der Waals surface area contributed by atoms with E-state index in [9.17, 15) is 9.59 Å². The number of hydrogen-bond acceptors (Lipinski definition) is 2. The van der Waals surface area contributed by atoms with Gasteiger partial charge in [0.25, 0.3) is 5.91 Å². The van der Waals surface area contributed by atoms with Gasteiger partial charge in [-0.05, 0) is 24.6 Å². The number of imide groups is 1. The van der Waals surface area contributed by atoms with Gasteiger partial charge in [0.1, 0.15) is 5.54 Å². The summed E-state index contributed by atoms with van der Waals surface area (Å²) < 4.78 is 0. The highest BCUT2D eigenvalue weighted by atomic mass is 35.5. The van der Waals surface area contributed by atoms with Crippen molar-refractivity contribution in [2.75, 3.05) is 6.54 Å². The quantitative estimate of drug-likeness (QED) is 0.802. The van der Waals surface area contributed by atoms with Crippen LogP contribution in [0.3, 0.4) is 0 Å². The fraction of sp³-hybridized carbons (Fsp3) is 0.158. The maximum absolute atomic E-state index is 12.8. The maximum atomic E-state index is 12.8. The third-order valence-electron chi connectivity index (χ3n) is 4.14. The van der Waals surface area contributed by atoms with Crippen LogP contribution in [0.25, 0.3) is 6.08 Å². The van der Waals surface area contributed by atoms with Crippen molar-refractivity contribution in [2.24, 2.45) is 0 Å². The van der Waals surface area contributed by atoms with Crippen LogP contribution in [0.2, 0.25) is 10.0 Å². The second-order valence-corrected chi connectivity index (χ2v) is 6.75. The Labute approximate surface area is 156 Å². The van der Waals surface area contributed by atoms with Gasteiger partial charge >= 0.3 is 6.03 Å². The molecule has 1 saturated heterocycles. The van der Waals surface area contributed by atoms with Crippen LogP contribution in [0, 0.1) is 0 Å². The number of nitrogens with zero attached hydrogens (tertiary/aromatic N) is 1. The molecule has 0 saturated carbocycles.